The standard InChI is InChI=1S/C14H11Br3ClNO2/c1-21-12-5-9(18)2-7(14(12)20)6-19-13-10(16)3-8(15)4-11(13)17/h2-5,19-20H,6H2,1H3. The van der Waals surface area contributed by atoms with Gasteiger partial charge in [0.25, 0.3) is 0 Å². The second-order valence-corrected chi connectivity index (χ2v) is 7.27. The van der Waals surface area contributed by atoms with Crippen LogP contribution in [0.3, 0.4) is 0 Å². The second-order valence-electron chi connectivity index (χ2n) is 4.21. The number of phenolic OH excluding ortho intramolecular Hbond substituents is 1. The van der Waals surface area contributed by atoms with Gasteiger partial charge in [0.15, 0.2) is 11.5 Å². The summed E-state index contributed by atoms with van der Waals surface area (Å²) in [7, 11) is 1.49. The lowest BCUT2D eigenvalue weighted by molar-refractivity contribution is 0.371. The number of aromatic hydroxyl groups is 1. The molecule has 7 heteroatoms. The van der Waals surface area contributed by atoms with Crippen LogP contribution >= 0.6 is 59.4 Å². The molecule has 0 aliphatic rings. The smallest absolute Gasteiger partial charge is 0.162 e. The molecule has 0 spiro atoms. The van der Waals surface area contributed by atoms with Crippen molar-refractivity contribution < 1.29 is 9.84 Å². The fraction of sp³-hybridized carbons (Fsp3) is 0.143. The Morgan fingerprint density at radius 1 is 1.14 bits per heavy atom. The number of anilines is 1. The van der Waals surface area contributed by atoms with Crippen molar-refractivity contribution in [1.82, 2.24) is 0 Å². The van der Waals surface area contributed by atoms with Crippen molar-refractivity contribution in [3.63, 3.8) is 0 Å². The van der Waals surface area contributed by atoms with Crippen molar-refractivity contribution in [2.75, 3.05) is 12.4 Å². The van der Waals surface area contributed by atoms with Crippen LogP contribution in [0, 0.1) is 0 Å². The van der Waals surface area contributed by atoms with Crippen LogP contribution in [-0.4, -0.2) is 12.2 Å². The van der Waals surface area contributed by atoms with E-state index < -0.39 is 0 Å². The summed E-state index contributed by atoms with van der Waals surface area (Å²) < 4.78 is 7.85. The first-order valence-electron chi connectivity index (χ1n) is 5.86. The number of methoxy groups -OCH3 is 1. The van der Waals surface area contributed by atoms with Crippen LogP contribution in [0.5, 0.6) is 11.5 Å². The first-order valence-corrected chi connectivity index (χ1v) is 8.62. The Bertz CT molecular complexity index is 657. The molecule has 0 heterocycles. The van der Waals surface area contributed by atoms with Gasteiger partial charge < -0.3 is 15.2 Å². The van der Waals surface area contributed by atoms with Gasteiger partial charge in [0, 0.05) is 36.6 Å². The molecule has 0 saturated heterocycles. The number of rotatable bonds is 4. The third-order valence-corrected chi connectivity index (χ3v) is 4.73. The third-order valence-electron chi connectivity index (χ3n) is 2.80. The Kier molecular flexibility index (Phi) is 5.82. The van der Waals surface area contributed by atoms with E-state index in [0.29, 0.717) is 22.9 Å². The predicted octanol–water partition coefficient (Wildman–Crippen LogP) is 5.95. The molecule has 2 N–H and O–H groups in total. The maximum absolute atomic E-state index is 10.1. The quantitative estimate of drug-likeness (QED) is 0.545. The maximum atomic E-state index is 10.1. The number of hydrogen-bond donors (Lipinski definition) is 2. The largest absolute Gasteiger partial charge is 0.504 e. The molecule has 2 rings (SSSR count). The molecule has 0 unspecified atom stereocenters. The summed E-state index contributed by atoms with van der Waals surface area (Å²) in [5, 5.41) is 13.9. The minimum atomic E-state index is 0.0822. The average Bonchev–Trinajstić information content (AvgIpc) is 2.40. The Labute approximate surface area is 153 Å². The van der Waals surface area contributed by atoms with Crippen LogP contribution in [0.25, 0.3) is 0 Å². The van der Waals surface area contributed by atoms with Crippen molar-refractivity contribution in [2.24, 2.45) is 0 Å². The molecule has 0 amide bonds. The number of hydrogen-bond acceptors (Lipinski definition) is 3. The Morgan fingerprint density at radius 3 is 2.33 bits per heavy atom. The molecular formula is C14H11Br3ClNO2. The summed E-state index contributed by atoms with van der Waals surface area (Å²) in [5.41, 5.74) is 1.54. The number of phenols is 1. The van der Waals surface area contributed by atoms with Gasteiger partial charge in [-0.1, -0.05) is 27.5 Å². The van der Waals surface area contributed by atoms with Crippen molar-refractivity contribution >= 4 is 65.1 Å². The Balaban J connectivity index is 2.27. The third kappa shape index (κ3) is 4.06. The highest BCUT2D eigenvalue weighted by Crippen LogP contribution is 2.37. The first-order chi connectivity index (χ1) is 9.92. The molecular weight excluding hydrogens is 489 g/mol. The van der Waals surface area contributed by atoms with E-state index in [1.807, 2.05) is 12.1 Å². The van der Waals surface area contributed by atoms with Crippen LogP contribution in [0.2, 0.25) is 5.02 Å². The number of halogens is 4. The molecule has 0 radical (unpaired) electrons. The highest BCUT2D eigenvalue weighted by Gasteiger charge is 2.12. The summed E-state index contributed by atoms with van der Waals surface area (Å²) in [5.74, 6) is 0.437. The zero-order valence-corrected chi connectivity index (χ0v) is 16.4. The normalized spacial score (nSPS) is 10.5. The molecule has 0 aliphatic heterocycles. The van der Waals surface area contributed by atoms with E-state index in [2.05, 4.69) is 53.1 Å². The zero-order chi connectivity index (χ0) is 15.6. The van der Waals surface area contributed by atoms with E-state index in [9.17, 15) is 5.11 Å². The van der Waals surface area contributed by atoms with Crippen LogP contribution in [0.1, 0.15) is 5.56 Å². The summed E-state index contributed by atoms with van der Waals surface area (Å²) in [6.07, 6.45) is 0. The lowest BCUT2D eigenvalue weighted by atomic mass is 10.1. The highest BCUT2D eigenvalue weighted by atomic mass is 79.9. The van der Waals surface area contributed by atoms with Gasteiger partial charge in [0.1, 0.15) is 0 Å². The van der Waals surface area contributed by atoms with Gasteiger partial charge in [-0.25, -0.2) is 0 Å². The van der Waals surface area contributed by atoms with E-state index in [4.69, 9.17) is 16.3 Å². The van der Waals surface area contributed by atoms with Crippen molar-refractivity contribution in [3.05, 3.63) is 48.3 Å². The molecule has 2 aromatic carbocycles. The van der Waals surface area contributed by atoms with Crippen LogP contribution in [0.15, 0.2) is 37.7 Å². The van der Waals surface area contributed by atoms with E-state index >= 15 is 0 Å². The van der Waals surface area contributed by atoms with Gasteiger partial charge in [0.05, 0.1) is 12.8 Å². The van der Waals surface area contributed by atoms with Gasteiger partial charge in [-0.05, 0) is 50.1 Å². The Morgan fingerprint density at radius 2 is 1.76 bits per heavy atom. The van der Waals surface area contributed by atoms with E-state index in [1.165, 1.54) is 7.11 Å². The van der Waals surface area contributed by atoms with Crippen molar-refractivity contribution in [1.29, 1.82) is 0 Å². The molecule has 2 aromatic rings. The minimum absolute atomic E-state index is 0.0822. The van der Waals surface area contributed by atoms with Gasteiger partial charge in [0.2, 0.25) is 0 Å². The number of nitrogens with one attached hydrogen (secondary N) is 1. The van der Waals surface area contributed by atoms with Crippen molar-refractivity contribution in [3.8, 4) is 11.5 Å². The first kappa shape index (κ1) is 16.9. The monoisotopic (exact) mass is 497 g/mol. The maximum Gasteiger partial charge on any atom is 0.162 e. The van der Waals surface area contributed by atoms with Crippen LogP contribution in [0.4, 0.5) is 5.69 Å². The Hall–Kier alpha value is -0.430. The fourth-order valence-corrected chi connectivity index (χ4v) is 4.58. The van der Waals surface area contributed by atoms with Gasteiger partial charge >= 0.3 is 0 Å². The lowest BCUT2D eigenvalue weighted by Crippen LogP contribution is -2.02. The molecule has 112 valence electrons. The molecule has 0 fully saturated rings. The molecule has 21 heavy (non-hydrogen) atoms. The van der Waals surface area contributed by atoms with E-state index in [1.54, 1.807) is 12.1 Å². The molecule has 0 aromatic heterocycles. The van der Waals surface area contributed by atoms with Gasteiger partial charge in [-0.15, -0.1) is 0 Å². The summed E-state index contributed by atoms with van der Waals surface area (Å²) >= 11 is 16.4. The number of benzene rings is 2. The SMILES string of the molecule is COc1cc(Cl)cc(CNc2c(Br)cc(Br)cc2Br)c1O. The van der Waals surface area contributed by atoms with Crippen LogP contribution in [-0.2, 0) is 6.54 Å². The van der Waals surface area contributed by atoms with Crippen LogP contribution < -0.4 is 10.1 Å². The van der Waals surface area contributed by atoms with E-state index in [0.717, 1.165) is 19.1 Å². The van der Waals surface area contributed by atoms with Crippen molar-refractivity contribution in [2.45, 2.75) is 6.54 Å². The molecule has 0 bridgehead atoms. The molecule has 3 nitrogen and oxygen atoms in total. The topological polar surface area (TPSA) is 41.5 Å². The highest BCUT2D eigenvalue weighted by molar-refractivity contribution is 9.11. The predicted molar refractivity (Wildman–Crippen MR) is 96.5 cm³/mol. The fourth-order valence-electron chi connectivity index (χ4n) is 1.81. The zero-order valence-electron chi connectivity index (χ0n) is 10.9. The van der Waals surface area contributed by atoms with E-state index in [-0.39, 0.29) is 5.75 Å². The molecule has 0 saturated carbocycles. The summed E-state index contributed by atoms with van der Waals surface area (Å²) in [6.45, 7) is 0.404. The molecule has 0 aliphatic carbocycles. The lowest BCUT2D eigenvalue weighted by Gasteiger charge is -2.14. The minimum Gasteiger partial charge on any atom is -0.504 e. The van der Waals surface area contributed by atoms with Gasteiger partial charge in [-0.2, -0.15) is 0 Å². The molecule has 0 atom stereocenters. The van der Waals surface area contributed by atoms with Gasteiger partial charge in [-0.3, -0.25) is 0 Å². The average molecular weight is 500 g/mol. The second kappa shape index (κ2) is 7.22. The number of ether oxygens (including phenoxy) is 1. The summed E-state index contributed by atoms with van der Waals surface area (Å²) in [6, 6.07) is 7.15. The summed E-state index contributed by atoms with van der Waals surface area (Å²) in [4.78, 5) is 0.